The Bertz CT molecular complexity index is 491. The van der Waals surface area contributed by atoms with Gasteiger partial charge in [0.15, 0.2) is 0 Å². The van der Waals surface area contributed by atoms with Crippen molar-refractivity contribution in [3.05, 3.63) is 24.0 Å². The molecule has 2 aliphatic rings. The fourth-order valence-corrected chi connectivity index (χ4v) is 3.22. The van der Waals surface area contributed by atoms with Crippen LogP contribution in [0.15, 0.2) is 18.5 Å². The minimum Gasteiger partial charge on any atom is -0.506 e. The molecule has 0 saturated carbocycles. The van der Waals surface area contributed by atoms with Crippen molar-refractivity contribution in [2.45, 2.75) is 31.3 Å². The van der Waals surface area contributed by atoms with Crippen LogP contribution in [0, 0.1) is 0 Å². The van der Waals surface area contributed by atoms with Crippen molar-refractivity contribution in [3.63, 3.8) is 0 Å². The van der Waals surface area contributed by atoms with Crippen LogP contribution in [0.1, 0.15) is 29.6 Å². The van der Waals surface area contributed by atoms with Crippen LogP contribution in [-0.2, 0) is 0 Å². The molecule has 102 valence electrons. The van der Waals surface area contributed by atoms with E-state index in [0.29, 0.717) is 17.6 Å². The molecule has 0 radical (unpaired) electrons. The predicted octanol–water partition coefficient (Wildman–Crippen LogP) is 1.10. The molecule has 2 atom stereocenters. The van der Waals surface area contributed by atoms with Gasteiger partial charge in [-0.2, -0.15) is 0 Å². The second kappa shape index (κ2) is 4.81. The second-order valence-electron chi connectivity index (χ2n) is 5.52. The van der Waals surface area contributed by atoms with Crippen molar-refractivity contribution in [2.24, 2.45) is 0 Å². The summed E-state index contributed by atoms with van der Waals surface area (Å²) >= 11 is 0. The first-order valence-electron chi connectivity index (χ1n) is 6.80. The van der Waals surface area contributed by atoms with Gasteiger partial charge in [-0.3, -0.25) is 14.7 Å². The molecule has 0 aromatic carbocycles. The largest absolute Gasteiger partial charge is 0.506 e. The van der Waals surface area contributed by atoms with E-state index in [0.717, 1.165) is 19.5 Å². The molecule has 1 amide bonds. The normalized spacial score (nSPS) is 27.3. The molecule has 2 saturated heterocycles. The van der Waals surface area contributed by atoms with Crippen LogP contribution < -0.4 is 0 Å². The van der Waals surface area contributed by atoms with E-state index in [-0.39, 0.29) is 11.7 Å². The molecule has 0 aliphatic carbocycles. The minimum absolute atomic E-state index is 0.0237. The highest BCUT2D eigenvalue weighted by molar-refractivity contribution is 5.94. The molecule has 2 bridgehead atoms. The lowest BCUT2D eigenvalue weighted by molar-refractivity contribution is 0.0739. The minimum atomic E-state index is -0.0237. The molecule has 3 rings (SSSR count). The molecule has 19 heavy (non-hydrogen) atoms. The van der Waals surface area contributed by atoms with E-state index in [1.54, 1.807) is 0 Å². The number of aromatic hydroxyl groups is 1. The number of nitrogens with zero attached hydrogens (tertiary/aromatic N) is 3. The Labute approximate surface area is 112 Å². The third-order valence-electron chi connectivity index (χ3n) is 4.41. The maximum atomic E-state index is 12.4. The van der Waals surface area contributed by atoms with Crippen molar-refractivity contribution in [3.8, 4) is 5.75 Å². The number of carbonyl (C=O) groups is 1. The molecular formula is C14H19N3O2. The van der Waals surface area contributed by atoms with Gasteiger partial charge in [0, 0.05) is 31.4 Å². The number of likely N-dealkylation sites (N-methyl/N-ethyl adjacent to an activating group) is 1. The van der Waals surface area contributed by atoms with Crippen LogP contribution in [0.2, 0.25) is 0 Å². The Morgan fingerprint density at radius 3 is 2.89 bits per heavy atom. The second-order valence-corrected chi connectivity index (χ2v) is 5.52. The molecule has 0 spiro atoms. The summed E-state index contributed by atoms with van der Waals surface area (Å²) in [5.74, 6) is 0.0173. The van der Waals surface area contributed by atoms with Crippen LogP contribution in [0.5, 0.6) is 5.75 Å². The number of hydrogen-bond donors (Lipinski definition) is 1. The SMILES string of the molecule is CN1C2CCC1CN(C(=O)c1cncc(O)c1)CC2. The average Bonchev–Trinajstić information content (AvgIpc) is 2.62. The summed E-state index contributed by atoms with van der Waals surface area (Å²) in [5, 5.41) is 9.42. The number of aromatic nitrogens is 1. The Hall–Kier alpha value is -1.62. The van der Waals surface area contributed by atoms with Gasteiger partial charge < -0.3 is 10.0 Å². The van der Waals surface area contributed by atoms with Gasteiger partial charge in [-0.05, 0) is 32.4 Å². The van der Waals surface area contributed by atoms with Crippen LogP contribution in [0.3, 0.4) is 0 Å². The molecule has 2 aliphatic heterocycles. The van der Waals surface area contributed by atoms with Crippen molar-refractivity contribution < 1.29 is 9.90 Å². The number of fused-ring (bicyclic) bond motifs is 2. The number of rotatable bonds is 1. The molecule has 3 heterocycles. The zero-order valence-electron chi connectivity index (χ0n) is 11.1. The summed E-state index contributed by atoms with van der Waals surface area (Å²) in [4.78, 5) is 20.6. The lowest BCUT2D eigenvalue weighted by atomic mass is 10.1. The van der Waals surface area contributed by atoms with Gasteiger partial charge >= 0.3 is 0 Å². The number of hydrogen-bond acceptors (Lipinski definition) is 4. The van der Waals surface area contributed by atoms with Crippen LogP contribution in [-0.4, -0.2) is 58.0 Å². The topological polar surface area (TPSA) is 56.7 Å². The van der Waals surface area contributed by atoms with Gasteiger partial charge in [0.05, 0.1) is 11.8 Å². The van der Waals surface area contributed by atoms with Crippen molar-refractivity contribution in [1.29, 1.82) is 0 Å². The standard InChI is InChI=1S/C14H19N3O2/c1-16-11-2-3-12(16)9-17(5-4-11)14(19)10-6-13(18)8-15-7-10/h6-8,11-12,18H,2-5,9H2,1H3. The van der Waals surface area contributed by atoms with Crippen molar-refractivity contribution in [1.82, 2.24) is 14.8 Å². The van der Waals surface area contributed by atoms with E-state index in [1.165, 1.54) is 31.3 Å². The average molecular weight is 261 g/mol. The third kappa shape index (κ3) is 2.30. The molecule has 5 heteroatoms. The summed E-state index contributed by atoms with van der Waals surface area (Å²) in [7, 11) is 2.16. The number of pyridine rings is 1. The highest BCUT2D eigenvalue weighted by Gasteiger charge is 2.36. The zero-order chi connectivity index (χ0) is 13.4. The zero-order valence-corrected chi connectivity index (χ0v) is 11.1. The lowest BCUT2D eigenvalue weighted by Crippen LogP contribution is -2.39. The first-order valence-corrected chi connectivity index (χ1v) is 6.80. The number of carbonyl (C=O) groups excluding carboxylic acids is 1. The smallest absolute Gasteiger partial charge is 0.255 e. The van der Waals surface area contributed by atoms with Crippen molar-refractivity contribution >= 4 is 5.91 Å². The van der Waals surface area contributed by atoms with E-state index < -0.39 is 0 Å². The fourth-order valence-electron chi connectivity index (χ4n) is 3.22. The molecule has 5 nitrogen and oxygen atoms in total. The quantitative estimate of drug-likeness (QED) is 0.822. The third-order valence-corrected chi connectivity index (χ3v) is 4.41. The number of amides is 1. The Kier molecular flexibility index (Phi) is 3.14. The Balaban J connectivity index is 1.77. The van der Waals surface area contributed by atoms with E-state index in [9.17, 15) is 9.90 Å². The van der Waals surface area contributed by atoms with Crippen LogP contribution in [0.25, 0.3) is 0 Å². The first-order chi connectivity index (χ1) is 9.15. The summed E-state index contributed by atoms with van der Waals surface area (Å²) in [6.07, 6.45) is 6.31. The molecule has 2 unspecified atom stereocenters. The molecule has 1 aromatic rings. The van der Waals surface area contributed by atoms with Crippen LogP contribution in [0.4, 0.5) is 0 Å². The highest BCUT2D eigenvalue weighted by atomic mass is 16.3. The fraction of sp³-hybridized carbons (Fsp3) is 0.571. The van der Waals surface area contributed by atoms with Crippen molar-refractivity contribution in [2.75, 3.05) is 20.1 Å². The lowest BCUT2D eigenvalue weighted by Gasteiger charge is -2.25. The number of likely N-dealkylation sites (tertiary alicyclic amines) is 1. The van der Waals surface area contributed by atoms with E-state index in [1.807, 2.05) is 4.90 Å². The Morgan fingerprint density at radius 2 is 2.11 bits per heavy atom. The van der Waals surface area contributed by atoms with E-state index in [4.69, 9.17) is 0 Å². The summed E-state index contributed by atoms with van der Waals surface area (Å²) in [6.45, 7) is 1.57. The molecule has 1 aromatic heterocycles. The van der Waals surface area contributed by atoms with Gasteiger partial charge in [-0.15, -0.1) is 0 Å². The van der Waals surface area contributed by atoms with Crippen LogP contribution >= 0.6 is 0 Å². The maximum absolute atomic E-state index is 12.4. The molecule has 1 N–H and O–H groups in total. The van der Waals surface area contributed by atoms with Gasteiger partial charge in [0.2, 0.25) is 0 Å². The maximum Gasteiger partial charge on any atom is 0.255 e. The van der Waals surface area contributed by atoms with Gasteiger partial charge in [0.25, 0.3) is 5.91 Å². The molecule has 2 fully saturated rings. The molecular weight excluding hydrogens is 242 g/mol. The van der Waals surface area contributed by atoms with Gasteiger partial charge in [-0.1, -0.05) is 0 Å². The van der Waals surface area contributed by atoms with Gasteiger partial charge in [-0.25, -0.2) is 0 Å². The van der Waals surface area contributed by atoms with Gasteiger partial charge in [0.1, 0.15) is 5.75 Å². The van der Waals surface area contributed by atoms with E-state index in [2.05, 4.69) is 16.9 Å². The highest BCUT2D eigenvalue weighted by Crippen LogP contribution is 2.29. The predicted molar refractivity (Wildman–Crippen MR) is 71.0 cm³/mol. The summed E-state index contributed by atoms with van der Waals surface area (Å²) in [6, 6.07) is 2.58. The Morgan fingerprint density at radius 1 is 1.32 bits per heavy atom. The first kappa shape index (κ1) is 12.4. The monoisotopic (exact) mass is 261 g/mol. The summed E-state index contributed by atoms with van der Waals surface area (Å²) < 4.78 is 0. The summed E-state index contributed by atoms with van der Waals surface area (Å²) in [5.41, 5.74) is 0.473. The van der Waals surface area contributed by atoms with E-state index >= 15 is 0 Å².